The van der Waals surface area contributed by atoms with Gasteiger partial charge in [-0.15, -0.1) is 0 Å². The van der Waals surface area contributed by atoms with E-state index in [1.165, 1.54) is 0 Å². The Morgan fingerprint density at radius 3 is 2.48 bits per heavy atom. The van der Waals surface area contributed by atoms with Crippen molar-refractivity contribution in [2.24, 2.45) is 0 Å². The minimum absolute atomic E-state index is 0.214. The Morgan fingerprint density at radius 2 is 1.90 bits per heavy atom. The maximum absolute atomic E-state index is 12.6. The zero-order valence-electron chi connectivity index (χ0n) is 12.6. The lowest BCUT2D eigenvalue weighted by molar-refractivity contribution is 0.600. The molecule has 0 aliphatic carbocycles. The Balaban J connectivity index is 2.47. The normalized spacial score (nSPS) is 11.6. The van der Waals surface area contributed by atoms with Gasteiger partial charge in [-0.3, -0.25) is 9.82 Å². The summed E-state index contributed by atoms with van der Waals surface area (Å²) in [6, 6.07) is 3.46. The molecular formula is C14H20N4O2S. The Hall–Kier alpha value is -2.02. The molecule has 1 aromatic carbocycles. The number of aromatic amines is 1. The number of rotatable bonds is 4. The summed E-state index contributed by atoms with van der Waals surface area (Å²) in [7, 11) is -3.72. The average molecular weight is 308 g/mol. The molecule has 7 heteroatoms. The molecule has 6 nitrogen and oxygen atoms in total. The van der Waals surface area contributed by atoms with E-state index in [1.54, 1.807) is 26.0 Å². The molecule has 0 fully saturated rings. The highest BCUT2D eigenvalue weighted by Gasteiger charge is 2.23. The molecule has 114 valence electrons. The number of nitrogens with one attached hydrogen (secondary N) is 2. The van der Waals surface area contributed by atoms with Crippen molar-refractivity contribution in [1.82, 2.24) is 10.2 Å². The number of nitrogens with zero attached hydrogens (tertiary/aromatic N) is 1. The van der Waals surface area contributed by atoms with Crippen molar-refractivity contribution in [3.05, 3.63) is 34.5 Å². The number of hydrogen-bond acceptors (Lipinski definition) is 4. The van der Waals surface area contributed by atoms with Crippen molar-refractivity contribution in [1.29, 1.82) is 0 Å². The molecule has 2 rings (SSSR count). The minimum Gasteiger partial charge on any atom is -0.398 e. The zero-order valence-corrected chi connectivity index (χ0v) is 13.4. The first kappa shape index (κ1) is 15.4. The van der Waals surface area contributed by atoms with E-state index in [4.69, 9.17) is 5.73 Å². The molecule has 0 saturated carbocycles. The van der Waals surface area contributed by atoms with Crippen LogP contribution in [-0.4, -0.2) is 18.6 Å². The van der Waals surface area contributed by atoms with Gasteiger partial charge in [-0.1, -0.05) is 13.0 Å². The van der Waals surface area contributed by atoms with Crippen molar-refractivity contribution >= 4 is 21.5 Å². The van der Waals surface area contributed by atoms with Crippen LogP contribution in [-0.2, 0) is 16.4 Å². The molecule has 0 saturated heterocycles. The van der Waals surface area contributed by atoms with Crippen molar-refractivity contribution in [3.8, 4) is 0 Å². The molecule has 0 aliphatic rings. The second-order valence-corrected chi connectivity index (χ2v) is 6.73. The van der Waals surface area contributed by atoms with Crippen LogP contribution in [0.1, 0.15) is 29.3 Å². The summed E-state index contributed by atoms with van der Waals surface area (Å²) in [4.78, 5) is 0.214. The van der Waals surface area contributed by atoms with E-state index < -0.39 is 10.0 Å². The Bertz CT molecular complexity index is 779. The highest BCUT2D eigenvalue weighted by Crippen LogP contribution is 2.29. The molecule has 2 aromatic rings. The summed E-state index contributed by atoms with van der Waals surface area (Å²) in [6.45, 7) is 7.29. The number of nitrogen functional groups attached to an aromatic ring is 1. The summed E-state index contributed by atoms with van der Waals surface area (Å²) in [6.07, 6.45) is 0.754. The second-order valence-electron chi connectivity index (χ2n) is 5.12. The molecule has 0 amide bonds. The van der Waals surface area contributed by atoms with Gasteiger partial charge in [-0.25, -0.2) is 8.42 Å². The van der Waals surface area contributed by atoms with E-state index in [1.807, 2.05) is 13.8 Å². The highest BCUT2D eigenvalue weighted by molar-refractivity contribution is 7.92. The van der Waals surface area contributed by atoms with Crippen LogP contribution in [0, 0.1) is 20.8 Å². The molecule has 0 radical (unpaired) electrons. The molecule has 0 unspecified atom stereocenters. The predicted octanol–water partition coefficient (Wildman–Crippen LogP) is 2.28. The van der Waals surface area contributed by atoms with Crippen LogP contribution >= 0.6 is 0 Å². The van der Waals surface area contributed by atoms with Crippen LogP contribution in [0.25, 0.3) is 0 Å². The van der Waals surface area contributed by atoms with E-state index in [9.17, 15) is 8.42 Å². The summed E-state index contributed by atoms with van der Waals surface area (Å²) < 4.78 is 27.7. The highest BCUT2D eigenvalue weighted by atomic mass is 32.2. The number of nitrogens with two attached hydrogens (primary N) is 1. The van der Waals surface area contributed by atoms with E-state index in [-0.39, 0.29) is 10.7 Å². The monoisotopic (exact) mass is 308 g/mol. The molecule has 0 spiro atoms. The predicted molar refractivity (Wildman–Crippen MR) is 83.8 cm³/mol. The first-order valence-electron chi connectivity index (χ1n) is 6.69. The van der Waals surface area contributed by atoms with Gasteiger partial charge in [0, 0.05) is 17.4 Å². The van der Waals surface area contributed by atoms with Gasteiger partial charge in [0.25, 0.3) is 10.0 Å². The van der Waals surface area contributed by atoms with Gasteiger partial charge in [0.1, 0.15) is 0 Å². The fraction of sp³-hybridized carbons (Fsp3) is 0.357. The van der Waals surface area contributed by atoms with E-state index >= 15 is 0 Å². The lowest BCUT2D eigenvalue weighted by atomic mass is 10.1. The molecule has 1 aromatic heterocycles. The van der Waals surface area contributed by atoms with Crippen molar-refractivity contribution < 1.29 is 8.42 Å². The first-order chi connectivity index (χ1) is 9.76. The molecule has 21 heavy (non-hydrogen) atoms. The maximum atomic E-state index is 12.6. The molecule has 0 aliphatic heterocycles. The van der Waals surface area contributed by atoms with Gasteiger partial charge >= 0.3 is 0 Å². The average Bonchev–Trinajstić information content (AvgIpc) is 2.82. The molecule has 4 N–H and O–H groups in total. The molecule has 0 bridgehead atoms. The Kier molecular flexibility index (Phi) is 3.95. The van der Waals surface area contributed by atoms with Gasteiger partial charge in [0.2, 0.25) is 0 Å². The smallest absolute Gasteiger partial charge is 0.263 e. The lowest BCUT2D eigenvalue weighted by Gasteiger charge is -2.15. The van der Waals surface area contributed by atoms with E-state index in [2.05, 4.69) is 14.9 Å². The Morgan fingerprint density at radius 1 is 1.24 bits per heavy atom. The van der Waals surface area contributed by atoms with Crippen molar-refractivity contribution in [2.75, 3.05) is 10.5 Å². The standard InChI is InChI=1S/C14H20N4O2S/c1-5-11-7-12(17-16-11)18-21(19,20)14-9(3)6-8(2)13(15)10(14)4/h6-7H,5,15H2,1-4H3,(H2,16,17,18). The molecular weight excluding hydrogens is 288 g/mol. The van der Waals surface area contributed by atoms with Crippen LogP contribution in [0.2, 0.25) is 0 Å². The van der Waals surface area contributed by atoms with Gasteiger partial charge in [-0.05, 0) is 43.9 Å². The third kappa shape index (κ3) is 2.87. The number of aromatic nitrogens is 2. The third-order valence-electron chi connectivity index (χ3n) is 3.48. The maximum Gasteiger partial charge on any atom is 0.263 e. The SMILES string of the molecule is CCc1cc(NS(=O)(=O)c2c(C)cc(C)c(N)c2C)n[nH]1. The number of benzene rings is 1. The molecule has 0 atom stereocenters. The van der Waals surface area contributed by atoms with Gasteiger partial charge in [0.05, 0.1) is 4.90 Å². The van der Waals surface area contributed by atoms with Gasteiger partial charge < -0.3 is 5.73 Å². The van der Waals surface area contributed by atoms with Crippen molar-refractivity contribution in [3.63, 3.8) is 0 Å². The number of H-pyrrole nitrogens is 1. The van der Waals surface area contributed by atoms with Crippen LogP contribution in [0.15, 0.2) is 17.0 Å². The summed E-state index contributed by atoms with van der Waals surface area (Å²) in [5.41, 5.74) is 9.41. The van der Waals surface area contributed by atoms with Crippen LogP contribution in [0.4, 0.5) is 11.5 Å². The molecule has 1 heterocycles. The minimum atomic E-state index is -3.72. The first-order valence-corrected chi connectivity index (χ1v) is 8.18. The largest absolute Gasteiger partial charge is 0.398 e. The van der Waals surface area contributed by atoms with Gasteiger partial charge in [0.15, 0.2) is 5.82 Å². The fourth-order valence-electron chi connectivity index (χ4n) is 2.38. The fourth-order valence-corrected chi connectivity index (χ4v) is 3.86. The van der Waals surface area contributed by atoms with Crippen molar-refractivity contribution in [2.45, 2.75) is 39.0 Å². The van der Waals surface area contributed by atoms with Crippen LogP contribution in [0.3, 0.4) is 0 Å². The van der Waals surface area contributed by atoms with E-state index in [0.29, 0.717) is 16.8 Å². The topological polar surface area (TPSA) is 101 Å². The number of anilines is 2. The Labute approximate surface area is 124 Å². The lowest BCUT2D eigenvalue weighted by Crippen LogP contribution is -2.17. The zero-order chi connectivity index (χ0) is 15.8. The van der Waals surface area contributed by atoms with E-state index in [0.717, 1.165) is 17.7 Å². The third-order valence-corrected chi connectivity index (χ3v) is 5.12. The second kappa shape index (κ2) is 5.40. The van der Waals surface area contributed by atoms with Crippen LogP contribution < -0.4 is 10.5 Å². The summed E-state index contributed by atoms with van der Waals surface area (Å²) in [5.74, 6) is 0.282. The summed E-state index contributed by atoms with van der Waals surface area (Å²) >= 11 is 0. The number of hydrogen-bond donors (Lipinski definition) is 3. The summed E-state index contributed by atoms with van der Waals surface area (Å²) in [5, 5.41) is 6.73. The van der Waals surface area contributed by atoms with Crippen LogP contribution in [0.5, 0.6) is 0 Å². The number of sulfonamides is 1. The van der Waals surface area contributed by atoms with Gasteiger partial charge in [-0.2, -0.15) is 5.10 Å². The number of aryl methyl sites for hydroxylation is 3. The quantitative estimate of drug-likeness (QED) is 0.754.